The minimum Gasteiger partial charge on any atom is -0.497 e. The molecule has 4 rings (SSSR count). The molecule has 0 aliphatic carbocycles. The van der Waals surface area contributed by atoms with Crippen molar-refractivity contribution in [3.8, 4) is 5.75 Å². The first kappa shape index (κ1) is 15.9. The van der Waals surface area contributed by atoms with Gasteiger partial charge in [-0.05, 0) is 48.9 Å². The van der Waals surface area contributed by atoms with Crippen LogP contribution in [0, 0.1) is 12.8 Å². The Hall–Kier alpha value is -2.60. The molecule has 2 heterocycles. The third-order valence-corrected chi connectivity index (χ3v) is 5.49. The van der Waals surface area contributed by atoms with Crippen LogP contribution in [0.1, 0.15) is 5.56 Å². The van der Waals surface area contributed by atoms with E-state index in [1.807, 2.05) is 24.3 Å². The number of hydrogen-bond donors (Lipinski definition) is 1. The molecule has 1 fully saturated rings. The Morgan fingerprint density at radius 3 is 2.72 bits per heavy atom. The van der Waals surface area contributed by atoms with E-state index in [-0.39, 0.29) is 11.8 Å². The van der Waals surface area contributed by atoms with E-state index in [4.69, 9.17) is 4.74 Å². The van der Waals surface area contributed by atoms with Gasteiger partial charge in [0, 0.05) is 18.8 Å². The zero-order valence-electron chi connectivity index (χ0n) is 14.2. The molecule has 0 saturated carbocycles. The highest BCUT2D eigenvalue weighted by atomic mass is 32.1. The van der Waals surface area contributed by atoms with E-state index in [0.717, 1.165) is 22.1 Å². The topological polar surface area (TPSA) is 54.5 Å². The largest absolute Gasteiger partial charge is 0.497 e. The molecule has 5 nitrogen and oxygen atoms in total. The normalized spacial score (nSPS) is 14.4. The van der Waals surface area contributed by atoms with Gasteiger partial charge in [-0.3, -0.25) is 4.79 Å². The summed E-state index contributed by atoms with van der Waals surface area (Å²) in [5, 5.41) is 3.96. The number of anilines is 2. The van der Waals surface area contributed by atoms with Gasteiger partial charge in [0.25, 0.3) is 0 Å². The van der Waals surface area contributed by atoms with Crippen molar-refractivity contribution in [3.63, 3.8) is 0 Å². The van der Waals surface area contributed by atoms with Gasteiger partial charge >= 0.3 is 0 Å². The van der Waals surface area contributed by atoms with Crippen LogP contribution in [0.15, 0.2) is 42.5 Å². The number of amides is 1. The maximum absolute atomic E-state index is 12.4. The summed E-state index contributed by atoms with van der Waals surface area (Å²) in [6, 6.07) is 13.7. The first-order valence-electron chi connectivity index (χ1n) is 8.19. The fraction of sp³-hybridized carbons (Fsp3) is 0.263. The fourth-order valence-electron chi connectivity index (χ4n) is 2.87. The molecule has 0 bridgehead atoms. The molecule has 0 atom stereocenters. The van der Waals surface area contributed by atoms with Gasteiger partial charge in [0.2, 0.25) is 5.91 Å². The summed E-state index contributed by atoms with van der Waals surface area (Å²) in [5.41, 5.74) is 3.06. The Morgan fingerprint density at radius 2 is 2.00 bits per heavy atom. The predicted molar refractivity (Wildman–Crippen MR) is 102 cm³/mol. The Balaban J connectivity index is 1.37. The number of hydrogen-bond acceptors (Lipinski definition) is 5. The second-order valence-electron chi connectivity index (χ2n) is 6.29. The lowest BCUT2D eigenvalue weighted by atomic mass is 10.00. The number of thiazole rings is 1. The van der Waals surface area contributed by atoms with Crippen LogP contribution in [0.5, 0.6) is 5.75 Å². The average Bonchev–Trinajstić information content (AvgIpc) is 2.96. The van der Waals surface area contributed by atoms with Crippen molar-refractivity contribution in [2.45, 2.75) is 6.92 Å². The van der Waals surface area contributed by atoms with Crippen molar-refractivity contribution in [3.05, 3.63) is 48.0 Å². The van der Waals surface area contributed by atoms with Crippen molar-refractivity contribution in [2.75, 3.05) is 30.4 Å². The molecule has 0 unspecified atom stereocenters. The third-order valence-electron chi connectivity index (χ3n) is 4.41. The Morgan fingerprint density at radius 1 is 1.24 bits per heavy atom. The van der Waals surface area contributed by atoms with Gasteiger partial charge in [-0.15, -0.1) is 0 Å². The van der Waals surface area contributed by atoms with Crippen molar-refractivity contribution < 1.29 is 9.53 Å². The smallest absolute Gasteiger partial charge is 0.231 e. The third kappa shape index (κ3) is 3.17. The van der Waals surface area contributed by atoms with Gasteiger partial charge in [0.05, 0.1) is 23.2 Å². The van der Waals surface area contributed by atoms with E-state index >= 15 is 0 Å². The summed E-state index contributed by atoms with van der Waals surface area (Å²) in [7, 11) is 1.62. The fourth-order valence-corrected chi connectivity index (χ4v) is 3.96. The van der Waals surface area contributed by atoms with Gasteiger partial charge in [0.1, 0.15) is 5.75 Å². The highest BCUT2D eigenvalue weighted by Crippen LogP contribution is 2.33. The van der Waals surface area contributed by atoms with E-state index in [0.29, 0.717) is 13.1 Å². The lowest BCUT2D eigenvalue weighted by Gasteiger charge is -2.37. The second-order valence-corrected chi connectivity index (χ2v) is 7.30. The van der Waals surface area contributed by atoms with Crippen LogP contribution >= 0.6 is 11.3 Å². The van der Waals surface area contributed by atoms with Gasteiger partial charge in [-0.1, -0.05) is 17.4 Å². The minimum atomic E-state index is -0.00384. The molecule has 1 saturated heterocycles. The van der Waals surface area contributed by atoms with E-state index in [1.165, 1.54) is 10.3 Å². The Labute approximate surface area is 150 Å². The van der Waals surface area contributed by atoms with Crippen LogP contribution in [-0.4, -0.2) is 31.1 Å². The van der Waals surface area contributed by atoms with Crippen LogP contribution in [0.3, 0.4) is 0 Å². The predicted octanol–water partition coefficient (Wildman–Crippen LogP) is 3.69. The molecule has 1 amide bonds. The van der Waals surface area contributed by atoms with Crippen molar-refractivity contribution in [1.82, 2.24) is 4.98 Å². The summed E-state index contributed by atoms with van der Waals surface area (Å²) in [6.07, 6.45) is 0. The van der Waals surface area contributed by atoms with Crippen molar-refractivity contribution >= 4 is 38.3 Å². The molecule has 0 radical (unpaired) electrons. The number of rotatable bonds is 4. The Bertz CT molecular complexity index is 914. The SMILES string of the molecule is COc1ccc(NC(=O)C2CN(c3nc4ccc(C)cc4s3)C2)cc1. The summed E-state index contributed by atoms with van der Waals surface area (Å²) in [6.45, 7) is 3.50. The van der Waals surface area contributed by atoms with Crippen LogP contribution in [-0.2, 0) is 4.79 Å². The molecule has 1 aliphatic heterocycles. The molecule has 25 heavy (non-hydrogen) atoms. The average molecular weight is 353 g/mol. The van der Waals surface area contributed by atoms with Gasteiger partial charge in [-0.2, -0.15) is 0 Å². The second kappa shape index (κ2) is 6.37. The summed E-state index contributed by atoms with van der Waals surface area (Å²) >= 11 is 1.69. The zero-order chi connectivity index (χ0) is 17.4. The van der Waals surface area contributed by atoms with E-state index in [9.17, 15) is 4.79 Å². The number of carbonyl (C=O) groups excluding carboxylic acids is 1. The molecular formula is C19H19N3O2S. The highest BCUT2D eigenvalue weighted by Gasteiger charge is 2.34. The molecule has 3 aromatic rings. The van der Waals surface area contributed by atoms with E-state index in [2.05, 4.69) is 40.3 Å². The minimum absolute atomic E-state index is 0.00384. The molecule has 6 heteroatoms. The zero-order valence-corrected chi connectivity index (χ0v) is 15.0. The molecule has 0 spiro atoms. The highest BCUT2D eigenvalue weighted by molar-refractivity contribution is 7.22. The number of nitrogens with zero attached hydrogens (tertiary/aromatic N) is 2. The maximum atomic E-state index is 12.4. The van der Waals surface area contributed by atoms with Crippen LogP contribution < -0.4 is 15.0 Å². The molecule has 1 aromatic heterocycles. The number of ether oxygens (including phenoxy) is 1. The van der Waals surface area contributed by atoms with Crippen LogP contribution in [0.25, 0.3) is 10.2 Å². The number of carbonyl (C=O) groups is 1. The number of nitrogens with one attached hydrogen (secondary N) is 1. The molecule has 1 N–H and O–H groups in total. The summed E-state index contributed by atoms with van der Waals surface area (Å²) in [4.78, 5) is 19.2. The number of aryl methyl sites for hydroxylation is 1. The number of aromatic nitrogens is 1. The molecule has 2 aromatic carbocycles. The molecule has 128 valence electrons. The molecular weight excluding hydrogens is 334 g/mol. The number of methoxy groups -OCH3 is 1. The van der Waals surface area contributed by atoms with E-state index < -0.39 is 0 Å². The van der Waals surface area contributed by atoms with Crippen molar-refractivity contribution in [1.29, 1.82) is 0 Å². The first-order chi connectivity index (χ1) is 12.1. The van der Waals surface area contributed by atoms with Crippen LogP contribution in [0.4, 0.5) is 10.8 Å². The first-order valence-corrected chi connectivity index (χ1v) is 9.01. The lowest BCUT2D eigenvalue weighted by Crippen LogP contribution is -2.52. The van der Waals surface area contributed by atoms with Gasteiger partial charge < -0.3 is 15.0 Å². The van der Waals surface area contributed by atoms with Gasteiger partial charge in [-0.25, -0.2) is 4.98 Å². The monoisotopic (exact) mass is 353 g/mol. The Kier molecular flexibility index (Phi) is 4.05. The maximum Gasteiger partial charge on any atom is 0.231 e. The van der Waals surface area contributed by atoms with Crippen LogP contribution in [0.2, 0.25) is 0 Å². The standard InChI is InChI=1S/C19H19N3O2S/c1-12-3-8-16-17(9-12)25-19(21-16)22-10-13(11-22)18(23)20-14-4-6-15(24-2)7-5-14/h3-9,13H,10-11H2,1-2H3,(H,20,23). The van der Waals surface area contributed by atoms with E-state index in [1.54, 1.807) is 18.4 Å². The summed E-state index contributed by atoms with van der Waals surface area (Å²) < 4.78 is 6.32. The molecule has 1 aliphatic rings. The van der Waals surface area contributed by atoms with Crippen molar-refractivity contribution in [2.24, 2.45) is 5.92 Å². The van der Waals surface area contributed by atoms with Gasteiger partial charge in [0.15, 0.2) is 5.13 Å². The quantitative estimate of drug-likeness (QED) is 0.777. The number of benzene rings is 2. The lowest BCUT2D eigenvalue weighted by molar-refractivity contribution is -0.120. The number of fused-ring (bicyclic) bond motifs is 1. The summed E-state index contributed by atoms with van der Waals surface area (Å²) in [5.74, 6) is 0.827.